The van der Waals surface area contributed by atoms with Crippen LogP contribution in [0, 0.1) is 0 Å². The minimum absolute atomic E-state index is 0.317. The van der Waals surface area contributed by atoms with Gasteiger partial charge in [-0.05, 0) is 50.1 Å². The van der Waals surface area contributed by atoms with Crippen molar-refractivity contribution >= 4 is 11.6 Å². The smallest absolute Gasteiger partial charge is 0.191 e. The van der Waals surface area contributed by atoms with Gasteiger partial charge in [-0.3, -0.25) is 0 Å². The summed E-state index contributed by atoms with van der Waals surface area (Å²) in [5.41, 5.74) is 2.21. The molecule has 0 aromatic heterocycles. The maximum atomic E-state index is 5.68. The standard InChI is InChI=1S/C24H34N4O3/c1-5-25-24(26-16-18-11-12-22(30-4)23(15-18)31-6-2)27-19-13-14-28(17-19)20-9-7-8-10-21(20)29-3/h7-12,15,19H,5-6,13-14,16-17H2,1-4H3,(H2,25,26,27). The zero-order valence-corrected chi connectivity index (χ0v) is 19.0. The first-order valence-corrected chi connectivity index (χ1v) is 10.9. The van der Waals surface area contributed by atoms with Crippen LogP contribution in [0.2, 0.25) is 0 Å². The molecule has 0 aliphatic carbocycles. The van der Waals surface area contributed by atoms with Crippen LogP contribution in [0.15, 0.2) is 47.5 Å². The third kappa shape index (κ3) is 5.96. The van der Waals surface area contributed by atoms with E-state index in [1.807, 2.05) is 37.3 Å². The molecule has 7 nitrogen and oxygen atoms in total. The Kier molecular flexibility index (Phi) is 8.27. The first-order valence-electron chi connectivity index (χ1n) is 10.9. The SMILES string of the molecule is CCNC(=NCc1ccc(OC)c(OCC)c1)NC1CCN(c2ccccc2OC)C1. The van der Waals surface area contributed by atoms with E-state index >= 15 is 0 Å². The summed E-state index contributed by atoms with van der Waals surface area (Å²) in [6.45, 7) is 7.89. The average Bonchev–Trinajstić information content (AvgIpc) is 3.26. The molecule has 0 bridgehead atoms. The van der Waals surface area contributed by atoms with E-state index in [1.54, 1.807) is 14.2 Å². The maximum Gasteiger partial charge on any atom is 0.191 e. The molecule has 1 aliphatic rings. The normalized spacial score (nSPS) is 16.2. The molecule has 1 fully saturated rings. The summed E-state index contributed by atoms with van der Waals surface area (Å²) in [6, 6.07) is 14.4. The van der Waals surface area contributed by atoms with Gasteiger partial charge in [0, 0.05) is 25.7 Å². The van der Waals surface area contributed by atoms with Gasteiger partial charge in [0.15, 0.2) is 17.5 Å². The summed E-state index contributed by atoms with van der Waals surface area (Å²) >= 11 is 0. The maximum absolute atomic E-state index is 5.68. The van der Waals surface area contributed by atoms with E-state index in [4.69, 9.17) is 19.2 Å². The molecule has 1 aliphatic heterocycles. The van der Waals surface area contributed by atoms with Gasteiger partial charge in [-0.1, -0.05) is 18.2 Å². The molecule has 1 atom stereocenters. The summed E-state index contributed by atoms with van der Waals surface area (Å²) < 4.78 is 16.6. The lowest BCUT2D eigenvalue weighted by Gasteiger charge is -2.22. The molecule has 1 saturated heterocycles. The number of hydrogen-bond donors (Lipinski definition) is 2. The van der Waals surface area contributed by atoms with Crippen LogP contribution in [0.4, 0.5) is 5.69 Å². The van der Waals surface area contributed by atoms with Crippen molar-refractivity contribution in [1.82, 2.24) is 10.6 Å². The van der Waals surface area contributed by atoms with E-state index in [-0.39, 0.29) is 0 Å². The van der Waals surface area contributed by atoms with Crippen molar-refractivity contribution in [2.75, 3.05) is 45.4 Å². The highest BCUT2D eigenvalue weighted by Crippen LogP contribution is 2.30. The van der Waals surface area contributed by atoms with Crippen LogP contribution < -0.4 is 29.7 Å². The van der Waals surface area contributed by atoms with Crippen molar-refractivity contribution in [3.8, 4) is 17.2 Å². The molecule has 2 N–H and O–H groups in total. The van der Waals surface area contributed by atoms with Gasteiger partial charge in [0.25, 0.3) is 0 Å². The van der Waals surface area contributed by atoms with Crippen LogP contribution in [0.3, 0.4) is 0 Å². The number of methoxy groups -OCH3 is 2. The van der Waals surface area contributed by atoms with E-state index in [9.17, 15) is 0 Å². The van der Waals surface area contributed by atoms with Gasteiger partial charge in [0.1, 0.15) is 5.75 Å². The lowest BCUT2D eigenvalue weighted by Crippen LogP contribution is -2.44. The summed E-state index contributed by atoms with van der Waals surface area (Å²) in [7, 11) is 3.37. The molecular weight excluding hydrogens is 392 g/mol. The fourth-order valence-electron chi connectivity index (χ4n) is 3.76. The number of ether oxygens (including phenoxy) is 3. The molecule has 7 heteroatoms. The third-order valence-corrected chi connectivity index (χ3v) is 5.25. The predicted molar refractivity (Wildman–Crippen MR) is 126 cm³/mol. The fourth-order valence-corrected chi connectivity index (χ4v) is 3.76. The number of rotatable bonds is 9. The van der Waals surface area contributed by atoms with Gasteiger partial charge >= 0.3 is 0 Å². The lowest BCUT2D eigenvalue weighted by molar-refractivity contribution is 0.310. The van der Waals surface area contributed by atoms with Gasteiger partial charge in [-0.15, -0.1) is 0 Å². The second-order valence-electron chi connectivity index (χ2n) is 7.36. The fraction of sp³-hybridized carbons (Fsp3) is 0.458. The van der Waals surface area contributed by atoms with E-state index in [0.29, 0.717) is 19.2 Å². The first-order chi connectivity index (χ1) is 15.2. The quantitative estimate of drug-likeness (QED) is 0.473. The van der Waals surface area contributed by atoms with E-state index in [0.717, 1.165) is 60.5 Å². The van der Waals surface area contributed by atoms with Crippen molar-refractivity contribution in [3.05, 3.63) is 48.0 Å². The number of aliphatic imine (C=N–C) groups is 1. The molecular formula is C24H34N4O3. The first kappa shape index (κ1) is 22.6. The van der Waals surface area contributed by atoms with Crippen molar-refractivity contribution in [1.29, 1.82) is 0 Å². The number of benzene rings is 2. The highest BCUT2D eigenvalue weighted by atomic mass is 16.5. The highest BCUT2D eigenvalue weighted by Gasteiger charge is 2.25. The molecule has 1 unspecified atom stereocenters. The molecule has 3 rings (SSSR count). The molecule has 0 spiro atoms. The Morgan fingerprint density at radius 3 is 2.61 bits per heavy atom. The molecule has 168 valence electrons. The molecule has 0 saturated carbocycles. The predicted octanol–water partition coefficient (Wildman–Crippen LogP) is 3.44. The van der Waals surface area contributed by atoms with Crippen LogP contribution in [0.1, 0.15) is 25.8 Å². The molecule has 31 heavy (non-hydrogen) atoms. The topological polar surface area (TPSA) is 67.4 Å². The van der Waals surface area contributed by atoms with Gasteiger partial charge in [0.2, 0.25) is 0 Å². The number of nitrogens with one attached hydrogen (secondary N) is 2. The van der Waals surface area contributed by atoms with Crippen LogP contribution >= 0.6 is 0 Å². The Morgan fingerprint density at radius 2 is 1.87 bits per heavy atom. The van der Waals surface area contributed by atoms with E-state index in [1.165, 1.54) is 0 Å². The van der Waals surface area contributed by atoms with Crippen molar-refractivity contribution in [2.45, 2.75) is 32.9 Å². The largest absolute Gasteiger partial charge is 0.495 e. The van der Waals surface area contributed by atoms with E-state index < -0.39 is 0 Å². The van der Waals surface area contributed by atoms with Gasteiger partial charge in [-0.25, -0.2) is 4.99 Å². The lowest BCUT2D eigenvalue weighted by atomic mass is 10.2. The monoisotopic (exact) mass is 426 g/mol. The zero-order valence-electron chi connectivity index (χ0n) is 19.0. The van der Waals surface area contributed by atoms with Crippen LogP contribution in [-0.2, 0) is 6.54 Å². The molecule has 0 amide bonds. The minimum Gasteiger partial charge on any atom is -0.495 e. The number of anilines is 1. The molecule has 1 heterocycles. The van der Waals surface area contributed by atoms with Crippen LogP contribution in [0.25, 0.3) is 0 Å². The van der Waals surface area contributed by atoms with Gasteiger partial charge in [-0.2, -0.15) is 0 Å². The summed E-state index contributed by atoms with van der Waals surface area (Å²) in [4.78, 5) is 7.15. The van der Waals surface area contributed by atoms with Crippen LogP contribution in [0.5, 0.6) is 17.2 Å². The Bertz CT molecular complexity index is 872. The Hall–Kier alpha value is -3.09. The molecule has 0 radical (unpaired) electrons. The minimum atomic E-state index is 0.317. The van der Waals surface area contributed by atoms with Crippen molar-refractivity contribution in [3.63, 3.8) is 0 Å². The summed E-state index contributed by atoms with van der Waals surface area (Å²) in [5, 5.41) is 6.95. The van der Waals surface area contributed by atoms with Crippen molar-refractivity contribution < 1.29 is 14.2 Å². The Balaban J connectivity index is 1.65. The third-order valence-electron chi connectivity index (χ3n) is 5.25. The summed E-state index contributed by atoms with van der Waals surface area (Å²) in [5.74, 6) is 3.22. The molecule has 2 aromatic carbocycles. The Morgan fingerprint density at radius 1 is 1.06 bits per heavy atom. The highest BCUT2D eigenvalue weighted by molar-refractivity contribution is 5.80. The summed E-state index contributed by atoms with van der Waals surface area (Å²) in [6.07, 6.45) is 1.04. The van der Waals surface area contributed by atoms with Crippen molar-refractivity contribution in [2.24, 2.45) is 4.99 Å². The zero-order chi connectivity index (χ0) is 22.1. The van der Waals surface area contributed by atoms with Crippen LogP contribution in [-0.4, -0.2) is 52.5 Å². The van der Waals surface area contributed by atoms with E-state index in [2.05, 4.69) is 34.6 Å². The number of para-hydroxylation sites is 2. The van der Waals surface area contributed by atoms with Gasteiger partial charge < -0.3 is 29.7 Å². The number of hydrogen-bond acceptors (Lipinski definition) is 5. The number of nitrogens with zero attached hydrogens (tertiary/aromatic N) is 2. The van der Waals surface area contributed by atoms with Gasteiger partial charge in [0.05, 0.1) is 33.1 Å². The second-order valence-corrected chi connectivity index (χ2v) is 7.36. The molecule has 2 aromatic rings. The average molecular weight is 427 g/mol. The Labute approximate surface area is 185 Å². The number of guanidine groups is 1. The second kappa shape index (κ2) is 11.3.